The van der Waals surface area contributed by atoms with Gasteiger partial charge in [-0.1, -0.05) is 6.92 Å². The van der Waals surface area contributed by atoms with E-state index >= 15 is 0 Å². The van der Waals surface area contributed by atoms with E-state index in [0.717, 1.165) is 19.3 Å². The van der Waals surface area contributed by atoms with Gasteiger partial charge in [0.1, 0.15) is 0 Å². The van der Waals surface area contributed by atoms with E-state index < -0.39 is 9.28 Å². The van der Waals surface area contributed by atoms with E-state index in [9.17, 15) is 0 Å². The Morgan fingerprint density at radius 2 is 1.67 bits per heavy atom. The Kier molecular flexibility index (Phi) is 8.27. The van der Waals surface area contributed by atoms with E-state index in [4.69, 9.17) is 20.3 Å². The second-order valence-corrected chi connectivity index (χ2v) is 6.20. The highest BCUT2D eigenvalue weighted by Gasteiger charge is 2.37. The van der Waals surface area contributed by atoms with Gasteiger partial charge in [0.15, 0.2) is 0 Å². The van der Waals surface area contributed by atoms with E-state index in [-0.39, 0.29) is 5.16 Å². The minimum absolute atomic E-state index is 0.272. The van der Waals surface area contributed by atoms with Gasteiger partial charge in [0, 0.05) is 13.2 Å². The van der Waals surface area contributed by atoms with Crippen LogP contribution in [0.1, 0.15) is 40.0 Å². The van der Waals surface area contributed by atoms with Gasteiger partial charge in [-0.15, -0.1) is 0 Å². The lowest BCUT2D eigenvalue weighted by atomic mass is 10.1. The van der Waals surface area contributed by atoms with Crippen LogP contribution in [0.25, 0.3) is 0 Å². The second kappa shape index (κ2) is 8.24. The smallest absolute Gasteiger partial charge is 0.342 e. The SMILES string of the molecule is CCO[SiH](OCC)C(N)(CC)CCCN. The van der Waals surface area contributed by atoms with Crippen molar-refractivity contribution in [2.75, 3.05) is 19.8 Å². The first kappa shape index (κ1) is 15.1. The molecule has 0 amide bonds. The molecule has 0 bridgehead atoms. The molecule has 0 aliphatic heterocycles. The molecule has 0 heterocycles. The molecule has 0 rings (SSSR count). The predicted molar refractivity (Wildman–Crippen MR) is 65.9 cm³/mol. The molecular formula is C10H26N2O2Si. The van der Waals surface area contributed by atoms with Crippen molar-refractivity contribution in [3.63, 3.8) is 0 Å². The standard InChI is InChI=1S/C10H26N2O2Si/c1-4-10(12,8-7-9-11)15(13-5-2)14-6-3/h15H,4-9,11-12H2,1-3H3. The van der Waals surface area contributed by atoms with Crippen LogP contribution >= 0.6 is 0 Å². The second-order valence-electron chi connectivity index (χ2n) is 3.72. The van der Waals surface area contributed by atoms with Gasteiger partial charge in [-0.05, 0) is 39.7 Å². The number of nitrogens with two attached hydrogens (primary N) is 2. The zero-order chi connectivity index (χ0) is 11.7. The maximum Gasteiger partial charge on any atom is 0.342 e. The fourth-order valence-electron chi connectivity index (χ4n) is 1.58. The summed E-state index contributed by atoms with van der Waals surface area (Å²) in [6, 6.07) is 0. The molecule has 0 aromatic heterocycles. The van der Waals surface area contributed by atoms with Crippen molar-refractivity contribution in [3.05, 3.63) is 0 Å². The number of hydrogen-bond acceptors (Lipinski definition) is 4. The highest BCUT2D eigenvalue weighted by molar-refractivity contribution is 6.48. The molecule has 0 aromatic carbocycles. The summed E-state index contributed by atoms with van der Waals surface area (Å²) in [5.41, 5.74) is 11.9. The van der Waals surface area contributed by atoms with Crippen LogP contribution in [0, 0.1) is 0 Å². The highest BCUT2D eigenvalue weighted by Crippen LogP contribution is 2.19. The Bertz CT molecular complexity index is 154. The summed E-state index contributed by atoms with van der Waals surface area (Å²) < 4.78 is 11.4. The maximum atomic E-state index is 6.36. The van der Waals surface area contributed by atoms with E-state index in [1.165, 1.54) is 0 Å². The molecule has 4 N–H and O–H groups in total. The molecule has 0 spiro atoms. The van der Waals surface area contributed by atoms with Crippen LogP contribution < -0.4 is 11.5 Å². The fourth-order valence-corrected chi connectivity index (χ4v) is 3.71. The maximum absolute atomic E-state index is 6.36. The highest BCUT2D eigenvalue weighted by atomic mass is 28.3. The predicted octanol–water partition coefficient (Wildman–Crippen LogP) is 0.666. The van der Waals surface area contributed by atoms with Gasteiger partial charge in [-0.25, -0.2) is 0 Å². The fraction of sp³-hybridized carbons (Fsp3) is 1.00. The molecule has 4 nitrogen and oxygen atoms in total. The Morgan fingerprint density at radius 3 is 2.00 bits per heavy atom. The first-order valence-corrected chi connectivity index (χ1v) is 7.38. The lowest BCUT2D eigenvalue weighted by Gasteiger charge is -2.34. The molecular weight excluding hydrogens is 208 g/mol. The van der Waals surface area contributed by atoms with E-state index in [2.05, 4.69) is 6.92 Å². The quantitative estimate of drug-likeness (QED) is 0.575. The van der Waals surface area contributed by atoms with Gasteiger partial charge in [-0.3, -0.25) is 0 Å². The summed E-state index contributed by atoms with van der Waals surface area (Å²) in [4.78, 5) is 0. The minimum atomic E-state index is -1.77. The summed E-state index contributed by atoms with van der Waals surface area (Å²) in [6.45, 7) is 8.10. The number of hydrogen-bond donors (Lipinski definition) is 2. The zero-order valence-electron chi connectivity index (χ0n) is 10.3. The Morgan fingerprint density at radius 1 is 1.13 bits per heavy atom. The van der Waals surface area contributed by atoms with Crippen LogP contribution in [0.2, 0.25) is 0 Å². The molecule has 0 saturated heterocycles. The van der Waals surface area contributed by atoms with Crippen molar-refractivity contribution >= 4 is 9.28 Å². The third-order valence-electron chi connectivity index (χ3n) is 2.61. The van der Waals surface area contributed by atoms with Gasteiger partial charge in [0.2, 0.25) is 0 Å². The molecule has 5 heteroatoms. The number of rotatable bonds is 9. The average Bonchev–Trinajstić information content (AvgIpc) is 2.25. The van der Waals surface area contributed by atoms with E-state index in [0.29, 0.717) is 19.8 Å². The largest absolute Gasteiger partial charge is 0.396 e. The van der Waals surface area contributed by atoms with Crippen molar-refractivity contribution in [2.24, 2.45) is 11.5 Å². The summed E-state index contributed by atoms with van der Waals surface area (Å²) in [6.07, 6.45) is 2.73. The molecule has 0 saturated carbocycles. The van der Waals surface area contributed by atoms with Crippen molar-refractivity contribution in [1.29, 1.82) is 0 Å². The van der Waals surface area contributed by atoms with E-state index in [1.807, 2.05) is 13.8 Å². The minimum Gasteiger partial charge on any atom is -0.396 e. The summed E-state index contributed by atoms with van der Waals surface area (Å²) in [5.74, 6) is 0. The molecule has 0 radical (unpaired) electrons. The van der Waals surface area contributed by atoms with Crippen molar-refractivity contribution < 1.29 is 8.85 Å². The summed E-state index contributed by atoms with van der Waals surface area (Å²) >= 11 is 0. The van der Waals surface area contributed by atoms with Crippen LogP contribution in [0.15, 0.2) is 0 Å². The molecule has 92 valence electrons. The van der Waals surface area contributed by atoms with Gasteiger partial charge in [0.25, 0.3) is 0 Å². The van der Waals surface area contributed by atoms with Gasteiger partial charge >= 0.3 is 9.28 Å². The van der Waals surface area contributed by atoms with E-state index in [1.54, 1.807) is 0 Å². The summed E-state index contributed by atoms with van der Waals surface area (Å²) in [7, 11) is -1.77. The molecule has 15 heavy (non-hydrogen) atoms. The molecule has 0 fully saturated rings. The molecule has 1 atom stereocenters. The van der Waals surface area contributed by atoms with Crippen LogP contribution in [-0.4, -0.2) is 34.2 Å². The van der Waals surface area contributed by atoms with Crippen molar-refractivity contribution in [1.82, 2.24) is 0 Å². The van der Waals surface area contributed by atoms with Gasteiger partial charge < -0.3 is 20.3 Å². The summed E-state index contributed by atoms with van der Waals surface area (Å²) in [5, 5.41) is -0.272. The normalized spacial score (nSPS) is 15.6. The van der Waals surface area contributed by atoms with Crippen LogP contribution in [0.4, 0.5) is 0 Å². The molecule has 0 aliphatic rings. The van der Waals surface area contributed by atoms with Crippen molar-refractivity contribution in [2.45, 2.75) is 45.2 Å². The van der Waals surface area contributed by atoms with Crippen LogP contribution in [0.3, 0.4) is 0 Å². The monoisotopic (exact) mass is 234 g/mol. The Hall–Kier alpha value is 0.0569. The van der Waals surface area contributed by atoms with Crippen LogP contribution in [-0.2, 0) is 8.85 Å². The first-order valence-electron chi connectivity index (χ1n) is 5.86. The topological polar surface area (TPSA) is 70.5 Å². The van der Waals surface area contributed by atoms with Gasteiger partial charge in [-0.2, -0.15) is 0 Å². The molecule has 0 aromatic rings. The molecule has 0 aliphatic carbocycles. The Labute approximate surface area is 95.2 Å². The third-order valence-corrected chi connectivity index (χ3v) is 5.52. The zero-order valence-corrected chi connectivity index (χ0v) is 11.4. The lowest BCUT2D eigenvalue weighted by Crippen LogP contribution is -2.57. The Balaban J connectivity index is 4.37. The first-order chi connectivity index (χ1) is 7.14. The average molecular weight is 234 g/mol. The lowest BCUT2D eigenvalue weighted by molar-refractivity contribution is 0.180. The third kappa shape index (κ3) is 5.08. The van der Waals surface area contributed by atoms with Crippen molar-refractivity contribution in [3.8, 4) is 0 Å². The van der Waals surface area contributed by atoms with Crippen LogP contribution in [0.5, 0.6) is 0 Å². The van der Waals surface area contributed by atoms with Gasteiger partial charge in [0.05, 0.1) is 5.16 Å². The molecule has 1 unspecified atom stereocenters.